The summed E-state index contributed by atoms with van der Waals surface area (Å²) in [5.74, 6) is 0. The molecule has 1 aliphatic rings. The van der Waals surface area contributed by atoms with Crippen molar-refractivity contribution in [2.45, 2.75) is 43.9 Å². The molecule has 1 N–H and O–H groups in total. The molecule has 1 fully saturated rings. The fraction of sp³-hybridized carbons (Fsp3) is 0.316. The number of hydrazone groups is 1. The Kier molecular flexibility index (Phi) is 5.45. The number of nitrogens with one attached hydrogen (secondary N) is 1. The van der Waals surface area contributed by atoms with Crippen LogP contribution < -0.4 is 4.83 Å². The van der Waals surface area contributed by atoms with E-state index in [4.69, 9.17) is 11.6 Å². The third-order valence-corrected chi connectivity index (χ3v) is 5.94. The number of hydrogen-bond acceptors (Lipinski definition) is 3. The summed E-state index contributed by atoms with van der Waals surface area (Å²) in [5, 5.41) is 4.67. The summed E-state index contributed by atoms with van der Waals surface area (Å²) in [6.45, 7) is 1.92. The number of benzene rings is 2. The van der Waals surface area contributed by atoms with Crippen molar-refractivity contribution in [3.05, 3.63) is 53.1 Å². The maximum absolute atomic E-state index is 12.8. The van der Waals surface area contributed by atoms with Gasteiger partial charge in [-0.05, 0) is 44.7 Å². The lowest BCUT2D eigenvalue weighted by Gasteiger charge is -2.15. The van der Waals surface area contributed by atoms with Crippen molar-refractivity contribution < 1.29 is 8.42 Å². The monoisotopic (exact) mass is 376 g/mol. The van der Waals surface area contributed by atoms with E-state index in [0.29, 0.717) is 16.1 Å². The van der Waals surface area contributed by atoms with E-state index in [1.54, 1.807) is 18.2 Å². The summed E-state index contributed by atoms with van der Waals surface area (Å²) in [6.07, 6.45) is 5.02. The Morgan fingerprint density at radius 2 is 1.72 bits per heavy atom. The maximum Gasteiger partial charge on any atom is 0.277 e. The molecule has 2 aromatic carbocycles. The first-order valence-corrected chi connectivity index (χ1v) is 10.3. The largest absolute Gasteiger partial charge is 0.277 e. The van der Waals surface area contributed by atoms with Crippen LogP contribution in [0.15, 0.2) is 52.5 Å². The molecule has 1 aliphatic carbocycles. The van der Waals surface area contributed by atoms with Gasteiger partial charge in [0, 0.05) is 21.9 Å². The molecule has 0 heterocycles. The lowest BCUT2D eigenvalue weighted by atomic mass is 9.99. The molecule has 1 saturated carbocycles. The van der Waals surface area contributed by atoms with Crippen molar-refractivity contribution in [1.82, 2.24) is 4.83 Å². The highest BCUT2D eigenvalue weighted by atomic mass is 35.5. The molecule has 2 aromatic rings. The summed E-state index contributed by atoms with van der Waals surface area (Å²) in [4.78, 5) is 2.60. The third kappa shape index (κ3) is 4.22. The Morgan fingerprint density at radius 1 is 1.00 bits per heavy atom. The minimum atomic E-state index is -3.77. The van der Waals surface area contributed by atoms with Gasteiger partial charge >= 0.3 is 0 Å². The zero-order valence-electron chi connectivity index (χ0n) is 14.1. The molecular formula is C19H21ClN2O2S. The van der Waals surface area contributed by atoms with Gasteiger partial charge in [-0.1, -0.05) is 53.9 Å². The normalized spacial score (nSPS) is 15.0. The standard InChI is InChI=1S/C19H21ClN2O2S/c1-14-11-12-19(17(13-14)16-9-5-6-10-18(16)20)25(23,24)22-21-15-7-3-2-4-8-15/h5-6,9-13,22H,2-4,7-8H2,1H3. The average molecular weight is 377 g/mol. The molecule has 0 spiro atoms. The van der Waals surface area contributed by atoms with Crippen molar-refractivity contribution in [3.8, 4) is 11.1 Å². The van der Waals surface area contributed by atoms with E-state index in [9.17, 15) is 8.42 Å². The number of sulfonamides is 1. The van der Waals surface area contributed by atoms with Gasteiger partial charge < -0.3 is 0 Å². The number of hydrogen-bond donors (Lipinski definition) is 1. The Hall–Kier alpha value is -1.85. The van der Waals surface area contributed by atoms with Gasteiger partial charge in [-0.15, -0.1) is 0 Å². The highest BCUT2D eigenvalue weighted by molar-refractivity contribution is 7.89. The van der Waals surface area contributed by atoms with Gasteiger partial charge in [0.15, 0.2) is 0 Å². The van der Waals surface area contributed by atoms with Crippen LogP contribution in [-0.4, -0.2) is 14.1 Å². The fourth-order valence-electron chi connectivity index (χ4n) is 3.01. The van der Waals surface area contributed by atoms with Crippen LogP contribution in [0.2, 0.25) is 5.02 Å². The van der Waals surface area contributed by atoms with Crippen LogP contribution >= 0.6 is 11.6 Å². The summed E-state index contributed by atoms with van der Waals surface area (Å²) < 4.78 is 25.7. The number of halogens is 1. The lowest BCUT2D eigenvalue weighted by Crippen LogP contribution is -2.22. The van der Waals surface area contributed by atoms with Crippen molar-refractivity contribution in [2.75, 3.05) is 0 Å². The van der Waals surface area contributed by atoms with E-state index in [1.807, 2.05) is 31.2 Å². The van der Waals surface area contributed by atoms with E-state index in [2.05, 4.69) is 9.93 Å². The van der Waals surface area contributed by atoms with Crippen molar-refractivity contribution >= 4 is 27.3 Å². The molecule has 0 radical (unpaired) electrons. The summed E-state index contributed by atoms with van der Waals surface area (Å²) >= 11 is 6.29. The molecule has 25 heavy (non-hydrogen) atoms. The summed E-state index contributed by atoms with van der Waals surface area (Å²) in [7, 11) is -3.77. The maximum atomic E-state index is 12.8. The number of rotatable bonds is 4. The quantitative estimate of drug-likeness (QED) is 0.770. The van der Waals surface area contributed by atoms with Crippen molar-refractivity contribution in [3.63, 3.8) is 0 Å². The Balaban J connectivity index is 2.00. The predicted octanol–water partition coefficient (Wildman–Crippen LogP) is 4.91. The van der Waals surface area contributed by atoms with Gasteiger partial charge in [-0.2, -0.15) is 13.5 Å². The van der Waals surface area contributed by atoms with Crippen LogP contribution in [0, 0.1) is 6.92 Å². The SMILES string of the molecule is Cc1ccc(S(=O)(=O)NN=C2CCCCC2)c(-c2ccccc2Cl)c1. The molecule has 0 aliphatic heterocycles. The highest BCUT2D eigenvalue weighted by Gasteiger charge is 2.21. The van der Waals surface area contributed by atoms with E-state index in [-0.39, 0.29) is 4.90 Å². The topological polar surface area (TPSA) is 58.5 Å². The van der Waals surface area contributed by atoms with E-state index < -0.39 is 10.0 Å². The molecular weight excluding hydrogens is 356 g/mol. The number of aryl methyl sites for hydroxylation is 1. The van der Waals surface area contributed by atoms with Crippen LogP contribution in [0.5, 0.6) is 0 Å². The second-order valence-electron chi connectivity index (χ2n) is 6.31. The number of nitrogens with zero attached hydrogens (tertiary/aromatic N) is 1. The van der Waals surface area contributed by atoms with Crippen LogP contribution in [0.25, 0.3) is 11.1 Å². The Bertz CT molecular complexity index is 899. The Morgan fingerprint density at radius 3 is 2.44 bits per heavy atom. The smallest absolute Gasteiger partial charge is 0.200 e. The fourth-order valence-corrected chi connectivity index (χ4v) is 4.30. The van der Waals surface area contributed by atoms with E-state index >= 15 is 0 Å². The third-order valence-electron chi connectivity index (χ3n) is 4.34. The van der Waals surface area contributed by atoms with Crippen molar-refractivity contribution in [2.24, 2.45) is 5.10 Å². The van der Waals surface area contributed by atoms with E-state index in [1.165, 1.54) is 6.42 Å². The first-order chi connectivity index (χ1) is 12.0. The second kappa shape index (κ2) is 7.58. The molecule has 0 unspecified atom stereocenters. The molecule has 0 bridgehead atoms. The van der Waals surface area contributed by atoms with Crippen LogP contribution in [0.3, 0.4) is 0 Å². The highest BCUT2D eigenvalue weighted by Crippen LogP contribution is 2.33. The van der Waals surface area contributed by atoms with E-state index in [0.717, 1.165) is 37.0 Å². The second-order valence-corrected chi connectivity index (χ2v) is 8.35. The summed E-state index contributed by atoms with van der Waals surface area (Å²) in [6, 6.07) is 12.5. The van der Waals surface area contributed by atoms with Crippen molar-refractivity contribution in [1.29, 1.82) is 0 Å². The minimum Gasteiger partial charge on any atom is -0.200 e. The molecule has 6 heteroatoms. The zero-order valence-corrected chi connectivity index (χ0v) is 15.7. The zero-order chi connectivity index (χ0) is 17.9. The molecule has 3 rings (SSSR count). The van der Waals surface area contributed by atoms with Gasteiger partial charge in [0.1, 0.15) is 0 Å². The molecule has 0 aromatic heterocycles. The van der Waals surface area contributed by atoms with Gasteiger partial charge in [0.05, 0.1) is 4.90 Å². The molecule has 132 valence electrons. The molecule has 0 saturated heterocycles. The van der Waals surface area contributed by atoms with Gasteiger partial charge in [-0.3, -0.25) is 0 Å². The van der Waals surface area contributed by atoms with Crippen LogP contribution in [0.4, 0.5) is 0 Å². The van der Waals surface area contributed by atoms with Crippen LogP contribution in [0.1, 0.15) is 37.7 Å². The Labute approximate surface area is 154 Å². The lowest BCUT2D eigenvalue weighted by molar-refractivity contribution is 0.583. The minimum absolute atomic E-state index is 0.186. The average Bonchev–Trinajstić information content (AvgIpc) is 2.61. The first-order valence-electron chi connectivity index (χ1n) is 8.40. The molecule has 4 nitrogen and oxygen atoms in total. The molecule has 0 amide bonds. The predicted molar refractivity (Wildman–Crippen MR) is 102 cm³/mol. The van der Waals surface area contributed by atoms with Gasteiger partial charge in [-0.25, -0.2) is 4.83 Å². The van der Waals surface area contributed by atoms with Gasteiger partial charge in [0.25, 0.3) is 10.0 Å². The first kappa shape index (κ1) is 18.0. The van der Waals surface area contributed by atoms with Crippen LogP contribution in [-0.2, 0) is 10.0 Å². The van der Waals surface area contributed by atoms with Gasteiger partial charge in [0.2, 0.25) is 0 Å². The molecule has 0 atom stereocenters. The summed E-state index contributed by atoms with van der Waals surface area (Å²) in [5.41, 5.74) is 3.16.